The fraction of sp³-hybridized carbons (Fsp3) is 0.318. The fourth-order valence-corrected chi connectivity index (χ4v) is 3.36. The van der Waals surface area contributed by atoms with E-state index in [1.807, 2.05) is 44.3 Å². The number of hydrogen-bond acceptors (Lipinski definition) is 5. The molecule has 0 radical (unpaired) electrons. The summed E-state index contributed by atoms with van der Waals surface area (Å²) in [7, 11) is 5.98. The molecule has 0 aliphatic carbocycles. The van der Waals surface area contributed by atoms with Crippen molar-refractivity contribution in [2.24, 2.45) is 7.05 Å². The number of benzene rings is 1. The van der Waals surface area contributed by atoms with Crippen LogP contribution in [0.4, 0.5) is 0 Å². The number of fused-ring (bicyclic) bond motifs is 1. The summed E-state index contributed by atoms with van der Waals surface area (Å²) in [6.07, 6.45) is 6.81. The van der Waals surface area contributed by atoms with Gasteiger partial charge in [0.05, 0.1) is 19.3 Å². The van der Waals surface area contributed by atoms with Crippen molar-refractivity contribution in [3.05, 3.63) is 65.9 Å². The van der Waals surface area contributed by atoms with Crippen molar-refractivity contribution in [1.82, 2.24) is 29.3 Å². The second-order valence-corrected chi connectivity index (χ2v) is 7.62. The van der Waals surface area contributed by atoms with Gasteiger partial charge in [-0.05, 0) is 50.3 Å². The van der Waals surface area contributed by atoms with Crippen LogP contribution in [-0.4, -0.2) is 50.0 Å². The Morgan fingerprint density at radius 2 is 1.93 bits per heavy atom. The Labute approximate surface area is 170 Å². The summed E-state index contributed by atoms with van der Waals surface area (Å²) in [5.41, 5.74) is 5.32. The molecule has 0 spiro atoms. The lowest BCUT2D eigenvalue weighted by Gasteiger charge is -2.13. The van der Waals surface area contributed by atoms with Crippen LogP contribution in [0.3, 0.4) is 0 Å². The Hall–Kier alpha value is -3.19. The smallest absolute Gasteiger partial charge is 0.160 e. The largest absolute Gasteiger partial charge is 0.493 e. The molecule has 7 heteroatoms. The molecule has 0 fully saturated rings. The number of aromatic nitrogens is 5. The van der Waals surface area contributed by atoms with E-state index in [9.17, 15) is 0 Å². The Bertz CT molecular complexity index is 1130. The van der Waals surface area contributed by atoms with Gasteiger partial charge in [-0.2, -0.15) is 5.10 Å². The lowest BCUT2D eigenvalue weighted by molar-refractivity contribution is 0.323. The summed E-state index contributed by atoms with van der Waals surface area (Å²) in [6, 6.07) is 10.4. The van der Waals surface area contributed by atoms with Crippen molar-refractivity contribution in [2.75, 3.05) is 20.7 Å². The number of aryl methyl sites for hydroxylation is 2. The Balaban J connectivity index is 1.62. The zero-order chi connectivity index (χ0) is 20.4. The zero-order valence-corrected chi connectivity index (χ0v) is 17.3. The van der Waals surface area contributed by atoms with Crippen molar-refractivity contribution < 1.29 is 4.74 Å². The van der Waals surface area contributed by atoms with E-state index in [0.29, 0.717) is 6.61 Å². The first-order valence-corrected chi connectivity index (χ1v) is 9.69. The molecule has 0 N–H and O–H groups in total. The minimum absolute atomic E-state index is 0.600. The van der Waals surface area contributed by atoms with E-state index in [4.69, 9.17) is 4.74 Å². The molecule has 0 amide bonds. The molecule has 7 nitrogen and oxygen atoms in total. The molecule has 0 atom stereocenters. The number of hydrogen-bond donors (Lipinski definition) is 0. The molecule has 0 saturated carbocycles. The van der Waals surface area contributed by atoms with E-state index in [1.54, 1.807) is 0 Å². The maximum absolute atomic E-state index is 6.19. The zero-order valence-electron chi connectivity index (χ0n) is 17.3. The molecular weight excluding hydrogens is 364 g/mol. The molecule has 3 aromatic heterocycles. The molecule has 0 bridgehead atoms. The molecule has 1 aromatic carbocycles. The van der Waals surface area contributed by atoms with Crippen LogP contribution in [0.2, 0.25) is 0 Å². The first kappa shape index (κ1) is 19.1. The summed E-state index contributed by atoms with van der Waals surface area (Å²) in [6.45, 7) is 3.41. The van der Waals surface area contributed by atoms with Crippen molar-refractivity contribution >= 4 is 5.65 Å². The molecule has 3 heterocycles. The minimum atomic E-state index is 0.600. The molecule has 0 aliphatic heterocycles. The van der Waals surface area contributed by atoms with Gasteiger partial charge in [0.2, 0.25) is 0 Å². The monoisotopic (exact) mass is 390 g/mol. The molecule has 150 valence electrons. The van der Waals surface area contributed by atoms with E-state index >= 15 is 0 Å². The predicted octanol–water partition coefficient (Wildman–Crippen LogP) is 3.12. The van der Waals surface area contributed by atoms with E-state index in [0.717, 1.165) is 41.3 Å². The van der Waals surface area contributed by atoms with Crippen molar-refractivity contribution in [3.8, 4) is 16.9 Å². The first-order valence-electron chi connectivity index (χ1n) is 9.69. The Morgan fingerprint density at radius 1 is 1.07 bits per heavy atom. The first-order chi connectivity index (χ1) is 14.0. The van der Waals surface area contributed by atoms with Crippen LogP contribution >= 0.6 is 0 Å². The van der Waals surface area contributed by atoms with Crippen LogP contribution in [0.1, 0.15) is 17.0 Å². The van der Waals surface area contributed by atoms with Crippen LogP contribution in [0, 0.1) is 6.92 Å². The van der Waals surface area contributed by atoms with Crippen molar-refractivity contribution in [3.63, 3.8) is 0 Å². The number of nitrogens with zero attached hydrogens (tertiary/aromatic N) is 6. The summed E-state index contributed by atoms with van der Waals surface area (Å²) >= 11 is 0. The molecule has 4 rings (SSSR count). The van der Waals surface area contributed by atoms with Gasteiger partial charge >= 0.3 is 0 Å². The Kier molecular flexibility index (Phi) is 5.31. The summed E-state index contributed by atoms with van der Waals surface area (Å²) in [4.78, 5) is 2.09. The van der Waals surface area contributed by atoms with Crippen LogP contribution in [0.15, 0.2) is 48.9 Å². The summed E-state index contributed by atoms with van der Waals surface area (Å²) < 4.78 is 10.1. The van der Waals surface area contributed by atoms with Gasteiger partial charge in [-0.15, -0.1) is 10.2 Å². The number of rotatable bonds is 7. The minimum Gasteiger partial charge on any atom is -0.493 e. The van der Waals surface area contributed by atoms with Gasteiger partial charge in [0, 0.05) is 37.0 Å². The normalized spacial score (nSPS) is 11.5. The predicted molar refractivity (Wildman–Crippen MR) is 113 cm³/mol. The van der Waals surface area contributed by atoms with E-state index in [2.05, 4.69) is 62.0 Å². The van der Waals surface area contributed by atoms with Gasteiger partial charge in [-0.1, -0.05) is 12.1 Å². The lowest BCUT2D eigenvalue weighted by atomic mass is 10.0. The topological polar surface area (TPSA) is 60.5 Å². The van der Waals surface area contributed by atoms with E-state index in [1.165, 1.54) is 11.1 Å². The molecule has 29 heavy (non-hydrogen) atoms. The number of pyridine rings is 1. The summed E-state index contributed by atoms with van der Waals surface area (Å²) in [5, 5.41) is 12.8. The SMILES string of the molecule is Cc1ccc(-c2ccc3nnc(CN(C)C)n3c2)c(OCCc2cnn(C)c2)c1. The lowest BCUT2D eigenvalue weighted by Crippen LogP contribution is -2.13. The Morgan fingerprint density at radius 3 is 2.69 bits per heavy atom. The van der Waals surface area contributed by atoms with Crippen LogP contribution < -0.4 is 4.74 Å². The van der Waals surface area contributed by atoms with Crippen LogP contribution in [-0.2, 0) is 20.0 Å². The highest BCUT2D eigenvalue weighted by Crippen LogP contribution is 2.31. The standard InChI is InChI=1S/C22H26N6O/c1-16-5-7-19(20(11-16)29-10-9-17-12-23-27(4)13-17)18-6-8-21-24-25-22(15-26(2)3)28(21)14-18/h5-8,11-14H,9-10,15H2,1-4H3. The van der Waals surface area contributed by atoms with Crippen LogP contribution in [0.25, 0.3) is 16.8 Å². The summed E-state index contributed by atoms with van der Waals surface area (Å²) in [5.74, 6) is 1.80. The third-order valence-electron chi connectivity index (χ3n) is 4.79. The maximum atomic E-state index is 6.19. The van der Waals surface area contributed by atoms with Gasteiger partial charge in [-0.3, -0.25) is 9.08 Å². The fourth-order valence-electron chi connectivity index (χ4n) is 3.36. The molecular formula is C22H26N6O. The van der Waals surface area contributed by atoms with Gasteiger partial charge in [0.25, 0.3) is 0 Å². The highest BCUT2D eigenvalue weighted by molar-refractivity contribution is 5.71. The van der Waals surface area contributed by atoms with E-state index < -0.39 is 0 Å². The quantitative estimate of drug-likeness (QED) is 0.485. The van der Waals surface area contributed by atoms with Crippen molar-refractivity contribution in [2.45, 2.75) is 19.9 Å². The second-order valence-electron chi connectivity index (χ2n) is 7.62. The molecule has 0 aliphatic rings. The highest BCUT2D eigenvalue weighted by atomic mass is 16.5. The third-order valence-corrected chi connectivity index (χ3v) is 4.79. The highest BCUT2D eigenvalue weighted by Gasteiger charge is 2.12. The average molecular weight is 390 g/mol. The molecule has 0 saturated heterocycles. The average Bonchev–Trinajstić information content (AvgIpc) is 3.27. The van der Waals surface area contributed by atoms with Crippen LogP contribution in [0.5, 0.6) is 5.75 Å². The molecule has 4 aromatic rings. The van der Waals surface area contributed by atoms with Gasteiger partial charge in [-0.25, -0.2) is 0 Å². The van der Waals surface area contributed by atoms with Gasteiger partial charge in [0.15, 0.2) is 11.5 Å². The van der Waals surface area contributed by atoms with E-state index in [-0.39, 0.29) is 0 Å². The number of ether oxygens (including phenoxy) is 1. The van der Waals surface area contributed by atoms with Gasteiger partial charge < -0.3 is 9.64 Å². The maximum Gasteiger partial charge on any atom is 0.160 e. The molecule has 0 unspecified atom stereocenters. The third kappa shape index (κ3) is 4.30. The second kappa shape index (κ2) is 8.05. The van der Waals surface area contributed by atoms with Crippen molar-refractivity contribution in [1.29, 1.82) is 0 Å². The van der Waals surface area contributed by atoms with Gasteiger partial charge in [0.1, 0.15) is 5.75 Å².